The summed E-state index contributed by atoms with van der Waals surface area (Å²) >= 11 is 0. The van der Waals surface area contributed by atoms with Crippen LogP contribution in [0.5, 0.6) is 11.5 Å². The molecule has 1 unspecified atom stereocenters. The number of carbonyl (C=O) groups is 1. The van der Waals surface area contributed by atoms with E-state index in [9.17, 15) is 4.79 Å². The molecule has 0 spiro atoms. The number of ether oxygens (including phenoxy) is 2. The molecule has 2 aromatic rings. The number of hydrogen-bond acceptors (Lipinski definition) is 3. The zero-order valence-electron chi connectivity index (χ0n) is 15.7. The first-order valence-corrected chi connectivity index (χ1v) is 8.91. The second-order valence-corrected chi connectivity index (χ2v) is 6.25. The number of methoxy groups -OCH3 is 2. The first kappa shape index (κ1) is 19.6. The number of amides is 2. The minimum atomic E-state index is -0.146. The Kier molecular flexibility index (Phi) is 7.80. The third-order valence-electron chi connectivity index (χ3n) is 4.25. The van der Waals surface area contributed by atoms with Gasteiger partial charge in [0, 0.05) is 12.6 Å². The van der Waals surface area contributed by atoms with Crippen molar-refractivity contribution in [3.63, 3.8) is 0 Å². The summed E-state index contributed by atoms with van der Waals surface area (Å²) in [5.74, 6) is 1.57. The average Bonchev–Trinajstić information content (AvgIpc) is 2.67. The molecule has 0 aliphatic heterocycles. The van der Waals surface area contributed by atoms with Gasteiger partial charge in [-0.05, 0) is 55.5 Å². The molecule has 2 amide bonds. The number of aryl methyl sites for hydroxylation is 1. The lowest BCUT2D eigenvalue weighted by molar-refractivity contribution is 0.237. The Morgan fingerprint density at radius 1 is 1.04 bits per heavy atom. The number of hydrogen-bond donors (Lipinski definition) is 2. The molecule has 0 aliphatic carbocycles. The zero-order chi connectivity index (χ0) is 18.8. The van der Waals surface area contributed by atoms with Crippen LogP contribution in [0.2, 0.25) is 0 Å². The molecule has 26 heavy (non-hydrogen) atoms. The molecule has 140 valence electrons. The predicted octanol–water partition coefficient (Wildman–Crippen LogP) is 3.57. The lowest BCUT2D eigenvalue weighted by Crippen LogP contribution is -2.41. The van der Waals surface area contributed by atoms with Crippen LogP contribution in [-0.4, -0.2) is 32.8 Å². The zero-order valence-corrected chi connectivity index (χ0v) is 15.7. The molecule has 0 heterocycles. The van der Waals surface area contributed by atoms with Crippen molar-refractivity contribution in [3.8, 4) is 11.5 Å². The van der Waals surface area contributed by atoms with Gasteiger partial charge in [0.2, 0.25) is 0 Å². The number of rotatable bonds is 9. The van der Waals surface area contributed by atoms with Gasteiger partial charge in [-0.3, -0.25) is 0 Å². The van der Waals surface area contributed by atoms with Crippen molar-refractivity contribution in [1.29, 1.82) is 0 Å². The van der Waals surface area contributed by atoms with Crippen LogP contribution in [0.15, 0.2) is 48.5 Å². The standard InChI is InChI=1S/C21H28N2O3/c1-16(9-10-17-7-5-4-6-8-17)23-21(24)22-14-13-18-15-19(25-2)11-12-20(18)26-3/h4-8,11-12,15-16H,9-10,13-14H2,1-3H3,(H2,22,23,24). The maximum absolute atomic E-state index is 12.1. The van der Waals surface area contributed by atoms with Crippen LogP contribution < -0.4 is 20.1 Å². The van der Waals surface area contributed by atoms with Crippen molar-refractivity contribution in [1.82, 2.24) is 10.6 Å². The second-order valence-electron chi connectivity index (χ2n) is 6.25. The third kappa shape index (κ3) is 6.31. The molecule has 0 bridgehead atoms. The van der Waals surface area contributed by atoms with Crippen molar-refractivity contribution in [2.45, 2.75) is 32.2 Å². The fourth-order valence-corrected chi connectivity index (χ4v) is 2.76. The Morgan fingerprint density at radius 2 is 1.81 bits per heavy atom. The van der Waals surface area contributed by atoms with Crippen molar-refractivity contribution < 1.29 is 14.3 Å². The molecule has 0 fully saturated rings. The largest absolute Gasteiger partial charge is 0.497 e. The van der Waals surface area contributed by atoms with Crippen LogP contribution in [0, 0.1) is 0 Å². The monoisotopic (exact) mass is 356 g/mol. The van der Waals surface area contributed by atoms with Gasteiger partial charge in [0.25, 0.3) is 0 Å². The molecule has 5 heteroatoms. The van der Waals surface area contributed by atoms with E-state index in [1.54, 1.807) is 14.2 Å². The summed E-state index contributed by atoms with van der Waals surface area (Å²) in [6.07, 6.45) is 2.52. The van der Waals surface area contributed by atoms with Gasteiger partial charge in [-0.15, -0.1) is 0 Å². The Hall–Kier alpha value is -2.69. The SMILES string of the molecule is COc1ccc(OC)c(CCNC(=O)NC(C)CCc2ccccc2)c1. The minimum Gasteiger partial charge on any atom is -0.497 e. The molecule has 0 saturated heterocycles. The van der Waals surface area contributed by atoms with Crippen molar-refractivity contribution in [2.24, 2.45) is 0 Å². The van der Waals surface area contributed by atoms with Gasteiger partial charge in [0.1, 0.15) is 11.5 Å². The first-order chi connectivity index (χ1) is 12.6. The summed E-state index contributed by atoms with van der Waals surface area (Å²) in [6, 6.07) is 15.9. The molecule has 0 radical (unpaired) electrons. The average molecular weight is 356 g/mol. The van der Waals surface area contributed by atoms with E-state index in [0.717, 1.165) is 29.9 Å². The second kappa shape index (κ2) is 10.3. The smallest absolute Gasteiger partial charge is 0.315 e. The van der Waals surface area contributed by atoms with Crippen molar-refractivity contribution in [2.75, 3.05) is 20.8 Å². The Bertz CT molecular complexity index is 689. The number of carbonyl (C=O) groups excluding carboxylic acids is 1. The molecule has 2 N–H and O–H groups in total. The summed E-state index contributed by atoms with van der Waals surface area (Å²) in [6.45, 7) is 2.55. The van der Waals surface area contributed by atoms with Gasteiger partial charge in [0.15, 0.2) is 0 Å². The molecule has 1 atom stereocenters. The van der Waals surface area contributed by atoms with Gasteiger partial charge < -0.3 is 20.1 Å². The van der Waals surface area contributed by atoms with Gasteiger partial charge >= 0.3 is 6.03 Å². The highest BCUT2D eigenvalue weighted by molar-refractivity contribution is 5.74. The summed E-state index contributed by atoms with van der Waals surface area (Å²) in [5.41, 5.74) is 2.29. The van der Waals surface area contributed by atoms with Crippen LogP contribution in [0.4, 0.5) is 4.79 Å². The van der Waals surface area contributed by atoms with Gasteiger partial charge in [-0.1, -0.05) is 30.3 Å². The molecule has 0 saturated carbocycles. The van der Waals surface area contributed by atoms with Gasteiger partial charge in [-0.25, -0.2) is 4.79 Å². The molecule has 2 aromatic carbocycles. The maximum Gasteiger partial charge on any atom is 0.315 e. The van der Waals surface area contributed by atoms with Crippen molar-refractivity contribution >= 4 is 6.03 Å². The van der Waals surface area contributed by atoms with Crippen molar-refractivity contribution in [3.05, 3.63) is 59.7 Å². The maximum atomic E-state index is 12.1. The van der Waals surface area contributed by atoms with Crippen LogP contribution in [-0.2, 0) is 12.8 Å². The lowest BCUT2D eigenvalue weighted by atomic mass is 10.1. The summed E-state index contributed by atoms with van der Waals surface area (Å²) in [7, 11) is 3.27. The van der Waals surface area contributed by atoms with E-state index in [4.69, 9.17) is 9.47 Å². The van der Waals surface area contributed by atoms with E-state index < -0.39 is 0 Å². The van der Waals surface area contributed by atoms with E-state index in [1.165, 1.54) is 5.56 Å². The summed E-state index contributed by atoms with van der Waals surface area (Å²) in [4.78, 5) is 12.1. The number of urea groups is 1. The summed E-state index contributed by atoms with van der Waals surface area (Å²) < 4.78 is 10.6. The Labute approximate surface area is 155 Å². The highest BCUT2D eigenvalue weighted by Crippen LogP contribution is 2.24. The number of benzene rings is 2. The molecule has 0 aliphatic rings. The summed E-state index contributed by atoms with van der Waals surface area (Å²) in [5, 5.41) is 5.88. The Balaban J connectivity index is 1.73. The van der Waals surface area contributed by atoms with Crippen LogP contribution >= 0.6 is 0 Å². The molecular formula is C21H28N2O3. The first-order valence-electron chi connectivity index (χ1n) is 8.91. The number of nitrogens with one attached hydrogen (secondary N) is 2. The fourth-order valence-electron chi connectivity index (χ4n) is 2.76. The highest BCUT2D eigenvalue weighted by atomic mass is 16.5. The van der Waals surface area contributed by atoms with Gasteiger partial charge in [-0.2, -0.15) is 0 Å². The van der Waals surface area contributed by atoms with Crippen LogP contribution in [0.3, 0.4) is 0 Å². The normalized spacial score (nSPS) is 11.5. The molecular weight excluding hydrogens is 328 g/mol. The molecule has 0 aromatic heterocycles. The van der Waals surface area contributed by atoms with E-state index >= 15 is 0 Å². The fraction of sp³-hybridized carbons (Fsp3) is 0.381. The molecule has 5 nitrogen and oxygen atoms in total. The van der Waals surface area contributed by atoms with E-state index in [1.807, 2.05) is 43.3 Å². The minimum absolute atomic E-state index is 0.113. The predicted molar refractivity (Wildman–Crippen MR) is 104 cm³/mol. The Morgan fingerprint density at radius 3 is 2.50 bits per heavy atom. The van der Waals surface area contributed by atoms with Gasteiger partial charge in [0.05, 0.1) is 14.2 Å². The van der Waals surface area contributed by atoms with E-state index in [0.29, 0.717) is 13.0 Å². The quantitative estimate of drug-likeness (QED) is 0.722. The third-order valence-corrected chi connectivity index (χ3v) is 4.25. The topological polar surface area (TPSA) is 59.6 Å². The van der Waals surface area contributed by atoms with Crippen LogP contribution in [0.1, 0.15) is 24.5 Å². The van der Waals surface area contributed by atoms with Crippen LogP contribution in [0.25, 0.3) is 0 Å². The highest BCUT2D eigenvalue weighted by Gasteiger charge is 2.09. The van der Waals surface area contributed by atoms with E-state index in [-0.39, 0.29) is 12.1 Å². The lowest BCUT2D eigenvalue weighted by Gasteiger charge is -2.15. The van der Waals surface area contributed by atoms with E-state index in [2.05, 4.69) is 22.8 Å². The molecule has 2 rings (SSSR count).